The normalized spacial score (nSPS) is 11.0. The summed E-state index contributed by atoms with van der Waals surface area (Å²) in [5, 5.41) is 8.93. The molecule has 0 aromatic carbocycles. The van der Waals surface area contributed by atoms with Crippen LogP contribution in [0.1, 0.15) is 21.6 Å². The molecule has 0 fully saturated rings. The summed E-state index contributed by atoms with van der Waals surface area (Å²) in [6, 6.07) is 1.71. The maximum atomic E-state index is 10.9. The fourth-order valence-electron chi connectivity index (χ4n) is 1.39. The summed E-state index contributed by atoms with van der Waals surface area (Å²) < 4.78 is 5.16. The Bertz CT molecular complexity index is 450. The third-order valence-corrected chi connectivity index (χ3v) is 2.16. The van der Waals surface area contributed by atoms with Gasteiger partial charge in [-0.2, -0.15) is 0 Å². The minimum atomic E-state index is -1.05. The van der Waals surface area contributed by atoms with Crippen LogP contribution in [0.25, 0.3) is 5.76 Å². The summed E-state index contributed by atoms with van der Waals surface area (Å²) in [5.41, 5.74) is 1.31. The second-order valence-corrected chi connectivity index (χ2v) is 3.11. The van der Waals surface area contributed by atoms with Crippen molar-refractivity contribution in [1.29, 1.82) is 0 Å². The van der Waals surface area contributed by atoms with Gasteiger partial charge in [0.15, 0.2) is 5.69 Å². The maximum Gasteiger partial charge on any atom is 0.354 e. The fourth-order valence-corrected chi connectivity index (χ4v) is 1.39. The molecule has 0 unspecified atom stereocenters. The number of carbonyl (C=O) groups is 1. The van der Waals surface area contributed by atoms with E-state index in [1.807, 2.05) is 0 Å². The molecular formula is C12H13NO3. The van der Waals surface area contributed by atoms with Crippen molar-refractivity contribution in [2.75, 3.05) is 7.11 Å². The molecule has 84 valence electrons. The largest absolute Gasteiger partial charge is 0.496 e. The number of hydrogen-bond acceptors (Lipinski definition) is 3. The Labute approximate surface area is 93.9 Å². The van der Waals surface area contributed by atoms with Crippen LogP contribution in [0.2, 0.25) is 0 Å². The van der Waals surface area contributed by atoms with E-state index in [4.69, 9.17) is 9.84 Å². The van der Waals surface area contributed by atoms with Gasteiger partial charge in [-0.1, -0.05) is 12.7 Å². The first-order chi connectivity index (χ1) is 7.61. The van der Waals surface area contributed by atoms with Gasteiger partial charge in [0.2, 0.25) is 0 Å². The van der Waals surface area contributed by atoms with Gasteiger partial charge in [0.1, 0.15) is 5.76 Å². The Morgan fingerprint density at radius 1 is 1.62 bits per heavy atom. The van der Waals surface area contributed by atoms with Crippen LogP contribution in [0.15, 0.2) is 31.0 Å². The highest BCUT2D eigenvalue weighted by molar-refractivity contribution is 5.88. The number of aromatic nitrogens is 1. The van der Waals surface area contributed by atoms with E-state index in [0.29, 0.717) is 16.9 Å². The summed E-state index contributed by atoms with van der Waals surface area (Å²) in [5.74, 6) is -0.481. The van der Waals surface area contributed by atoms with Gasteiger partial charge < -0.3 is 9.84 Å². The van der Waals surface area contributed by atoms with Gasteiger partial charge in [0.05, 0.1) is 7.11 Å². The van der Waals surface area contributed by atoms with Crippen LogP contribution >= 0.6 is 0 Å². The lowest BCUT2D eigenvalue weighted by Crippen LogP contribution is -2.06. The molecule has 1 rings (SSSR count). The smallest absolute Gasteiger partial charge is 0.354 e. The summed E-state index contributed by atoms with van der Waals surface area (Å²) in [4.78, 5) is 14.7. The lowest BCUT2D eigenvalue weighted by atomic mass is 10.1. The average Bonchev–Trinajstić information content (AvgIpc) is 2.26. The highest BCUT2D eigenvalue weighted by atomic mass is 16.5. The molecule has 0 aliphatic heterocycles. The van der Waals surface area contributed by atoms with Crippen molar-refractivity contribution in [3.8, 4) is 0 Å². The SMILES string of the molecule is C=C/C=C(/OC)c1ccnc(C(=O)O)c1C. The predicted octanol–water partition coefficient (Wildman–Crippen LogP) is 2.26. The summed E-state index contributed by atoms with van der Waals surface area (Å²) >= 11 is 0. The molecule has 4 nitrogen and oxygen atoms in total. The van der Waals surface area contributed by atoms with E-state index in [1.165, 1.54) is 13.3 Å². The molecule has 1 aromatic rings. The highest BCUT2D eigenvalue weighted by Crippen LogP contribution is 2.21. The molecule has 0 saturated heterocycles. The minimum Gasteiger partial charge on any atom is -0.496 e. The van der Waals surface area contributed by atoms with E-state index < -0.39 is 5.97 Å². The topological polar surface area (TPSA) is 59.4 Å². The summed E-state index contributed by atoms with van der Waals surface area (Å²) in [6.07, 6.45) is 4.70. The van der Waals surface area contributed by atoms with Gasteiger partial charge in [-0.15, -0.1) is 0 Å². The number of carboxylic acid groups (broad SMARTS) is 1. The van der Waals surface area contributed by atoms with Crippen molar-refractivity contribution in [1.82, 2.24) is 4.98 Å². The molecule has 16 heavy (non-hydrogen) atoms. The van der Waals surface area contributed by atoms with Gasteiger partial charge in [0.25, 0.3) is 0 Å². The Morgan fingerprint density at radius 3 is 2.81 bits per heavy atom. The van der Waals surface area contributed by atoms with Gasteiger partial charge in [0, 0.05) is 11.8 Å². The minimum absolute atomic E-state index is 0.0320. The third kappa shape index (κ3) is 2.28. The number of aromatic carboxylic acids is 1. The number of hydrogen-bond donors (Lipinski definition) is 1. The number of pyridine rings is 1. The van der Waals surface area contributed by atoms with E-state index in [9.17, 15) is 4.79 Å². The fraction of sp³-hybridized carbons (Fsp3) is 0.167. The molecule has 0 atom stereocenters. The first-order valence-corrected chi connectivity index (χ1v) is 4.67. The molecule has 1 aromatic heterocycles. The molecule has 0 bridgehead atoms. The molecule has 0 saturated carbocycles. The van der Waals surface area contributed by atoms with Crippen LogP contribution < -0.4 is 0 Å². The quantitative estimate of drug-likeness (QED) is 0.623. The Kier molecular flexibility index (Phi) is 3.83. The number of rotatable bonds is 4. The average molecular weight is 219 g/mol. The van der Waals surface area contributed by atoms with Crippen LogP contribution in [0.5, 0.6) is 0 Å². The van der Waals surface area contributed by atoms with Crippen LogP contribution in [0, 0.1) is 6.92 Å². The lowest BCUT2D eigenvalue weighted by Gasteiger charge is -2.10. The number of ether oxygens (including phenoxy) is 1. The number of nitrogens with zero attached hydrogens (tertiary/aromatic N) is 1. The molecule has 1 heterocycles. The van der Waals surface area contributed by atoms with E-state index in [-0.39, 0.29) is 5.69 Å². The van der Waals surface area contributed by atoms with Crippen molar-refractivity contribution >= 4 is 11.7 Å². The van der Waals surface area contributed by atoms with Crippen LogP contribution in [0.4, 0.5) is 0 Å². The Balaban J connectivity index is 3.34. The number of methoxy groups -OCH3 is 1. The Morgan fingerprint density at radius 2 is 2.31 bits per heavy atom. The van der Waals surface area contributed by atoms with Gasteiger partial charge in [-0.25, -0.2) is 9.78 Å². The zero-order chi connectivity index (χ0) is 12.1. The molecule has 0 aliphatic carbocycles. The lowest BCUT2D eigenvalue weighted by molar-refractivity contribution is 0.0689. The molecule has 1 N–H and O–H groups in total. The zero-order valence-corrected chi connectivity index (χ0v) is 9.23. The van der Waals surface area contributed by atoms with Crippen LogP contribution in [-0.4, -0.2) is 23.2 Å². The van der Waals surface area contributed by atoms with Crippen molar-refractivity contribution in [3.05, 3.63) is 47.8 Å². The first-order valence-electron chi connectivity index (χ1n) is 4.67. The van der Waals surface area contributed by atoms with E-state index in [1.54, 1.807) is 25.1 Å². The maximum absolute atomic E-state index is 10.9. The second kappa shape index (κ2) is 5.11. The van der Waals surface area contributed by atoms with Crippen molar-refractivity contribution < 1.29 is 14.6 Å². The van der Waals surface area contributed by atoms with Crippen LogP contribution in [-0.2, 0) is 4.74 Å². The predicted molar refractivity (Wildman–Crippen MR) is 61.1 cm³/mol. The van der Waals surface area contributed by atoms with Crippen molar-refractivity contribution in [2.24, 2.45) is 0 Å². The van der Waals surface area contributed by atoms with Gasteiger partial charge in [-0.3, -0.25) is 0 Å². The van der Waals surface area contributed by atoms with Crippen molar-refractivity contribution in [3.63, 3.8) is 0 Å². The summed E-state index contributed by atoms with van der Waals surface area (Å²) in [6.45, 7) is 5.27. The molecule has 4 heteroatoms. The van der Waals surface area contributed by atoms with E-state index in [2.05, 4.69) is 11.6 Å². The van der Waals surface area contributed by atoms with Crippen LogP contribution in [0.3, 0.4) is 0 Å². The van der Waals surface area contributed by atoms with Gasteiger partial charge >= 0.3 is 5.97 Å². The Hall–Kier alpha value is -2.10. The summed E-state index contributed by atoms with van der Waals surface area (Å²) in [7, 11) is 1.52. The standard InChI is InChI=1S/C12H13NO3/c1-4-5-10(16-3)9-6-7-13-11(8(9)2)12(14)15/h4-7H,1H2,2-3H3,(H,14,15)/b10-5+. The molecular weight excluding hydrogens is 206 g/mol. The zero-order valence-electron chi connectivity index (χ0n) is 9.23. The molecule has 0 amide bonds. The number of carboxylic acids is 1. The number of allylic oxidation sites excluding steroid dienone is 2. The molecule has 0 aliphatic rings. The van der Waals surface area contributed by atoms with Crippen molar-refractivity contribution in [2.45, 2.75) is 6.92 Å². The monoisotopic (exact) mass is 219 g/mol. The van der Waals surface area contributed by atoms with Gasteiger partial charge in [-0.05, 0) is 24.6 Å². The van der Waals surface area contributed by atoms with E-state index >= 15 is 0 Å². The molecule has 0 spiro atoms. The highest BCUT2D eigenvalue weighted by Gasteiger charge is 2.14. The second-order valence-electron chi connectivity index (χ2n) is 3.11. The first kappa shape index (κ1) is 12.0. The van der Waals surface area contributed by atoms with E-state index in [0.717, 1.165) is 0 Å². The third-order valence-electron chi connectivity index (χ3n) is 2.16. The molecule has 0 radical (unpaired) electrons.